The molecule has 3 aromatic rings. The van der Waals surface area contributed by atoms with Crippen molar-refractivity contribution in [1.29, 1.82) is 0 Å². The molecule has 0 bridgehead atoms. The van der Waals surface area contributed by atoms with Gasteiger partial charge >= 0.3 is 0 Å². The molecule has 0 unspecified atom stereocenters. The predicted octanol–water partition coefficient (Wildman–Crippen LogP) is 4.01. The molecule has 0 amide bonds. The van der Waals surface area contributed by atoms with Gasteiger partial charge in [-0.25, -0.2) is 4.98 Å². The van der Waals surface area contributed by atoms with Gasteiger partial charge in [-0.3, -0.25) is 9.78 Å². The molecule has 0 fully saturated rings. The van der Waals surface area contributed by atoms with E-state index in [0.29, 0.717) is 6.54 Å². The lowest BCUT2D eigenvalue weighted by Crippen LogP contribution is -2.27. The van der Waals surface area contributed by atoms with Gasteiger partial charge in [-0.2, -0.15) is 0 Å². The summed E-state index contributed by atoms with van der Waals surface area (Å²) in [7, 11) is 0. The number of imidazole rings is 1. The second kappa shape index (κ2) is 7.25. The van der Waals surface area contributed by atoms with Crippen LogP contribution < -0.4 is 0 Å². The van der Waals surface area contributed by atoms with E-state index in [1.807, 2.05) is 42.9 Å². The number of hydrogen-bond donors (Lipinski definition) is 0. The molecule has 0 spiro atoms. The zero-order valence-corrected chi connectivity index (χ0v) is 15.5. The summed E-state index contributed by atoms with van der Waals surface area (Å²) in [4.78, 5) is 21.3. The van der Waals surface area contributed by atoms with Crippen LogP contribution in [0.15, 0.2) is 61.2 Å². The van der Waals surface area contributed by atoms with Gasteiger partial charge in [0.1, 0.15) is 0 Å². The monoisotopic (exact) mass is 431 g/mol. The zero-order valence-electron chi connectivity index (χ0n) is 13.1. The number of ketones is 1. The maximum absolute atomic E-state index is 12.7. The van der Waals surface area contributed by atoms with Gasteiger partial charge in [-0.05, 0) is 30.5 Å². The molecule has 0 aliphatic heterocycles. The summed E-state index contributed by atoms with van der Waals surface area (Å²) in [5.74, 6) is 0.190. The van der Waals surface area contributed by atoms with Crippen molar-refractivity contribution in [2.75, 3.05) is 0 Å². The van der Waals surface area contributed by atoms with Gasteiger partial charge in [0.25, 0.3) is 0 Å². The second-order valence-electron chi connectivity index (χ2n) is 5.89. The highest BCUT2D eigenvalue weighted by Crippen LogP contribution is 2.27. The molecule has 2 heterocycles. The first-order valence-corrected chi connectivity index (χ1v) is 7.86. The summed E-state index contributed by atoms with van der Waals surface area (Å²) in [5.41, 5.74) is 3.89. The molecule has 2 aromatic heterocycles. The van der Waals surface area contributed by atoms with Gasteiger partial charge < -0.3 is 4.57 Å². The smallest absolute Gasteiger partial charge is 0.169 e. The number of benzene rings is 1. The van der Waals surface area contributed by atoms with Crippen molar-refractivity contribution in [3.63, 3.8) is 0 Å². The number of pyridine rings is 1. The number of fused-ring (bicyclic) bond motifs is 1. The molecule has 4 rings (SSSR count). The van der Waals surface area contributed by atoms with Crippen molar-refractivity contribution in [3.05, 3.63) is 72.4 Å². The van der Waals surface area contributed by atoms with Crippen molar-refractivity contribution in [1.82, 2.24) is 14.5 Å². The Kier molecular flexibility index (Phi) is 5.08. The van der Waals surface area contributed by atoms with Crippen molar-refractivity contribution >= 4 is 29.8 Å². The van der Waals surface area contributed by atoms with E-state index in [-0.39, 0.29) is 35.7 Å². The minimum Gasteiger partial charge on any atom is -0.330 e. The van der Waals surface area contributed by atoms with E-state index >= 15 is 0 Å². The fourth-order valence-corrected chi connectivity index (χ4v) is 3.25. The van der Waals surface area contributed by atoms with Gasteiger partial charge in [-0.15, -0.1) is 24.0 Å². The van der Waals surface area contributed by atoms with Crippen molar-refractivity contribution in [3.8, 4) is 11.3 Å². The number of carbonyl (C=O) groups is 1. The van der Waals surface area contributed by atoms with Gasteiger partial charge in [0, 0.05) is 24.2 Å². The van der Waals surface area contributed by atoms with Gasteiger partial charge in [-0.1, -0.05) is 30.3 Å². The number of carbonyl (C=O) groups excluding carboxylic acids is 1. The summed E-state index contributed by atoms with van der Waals surface area (Å²) in [6, 6.07) is 13.9. The molecule has 5 heteroatoms. The Morgan fingerprint density at radius 1 is 1.12 bits per heavy atom. The third-order valence-corrected chi connectivity index (χ3v) is 4.46. The minimum atomic E-state index is -0.0108. The Bertz CT molecular complexity index is 845. The molecule has 0 N–H and O–H groups in total. The number of aryl methyl sites for hydroxylation is 1. The lowest BCUT2D eigenvalue weighted by molar-refractivity contribution is 0.0886. The summed E-state index contributed by atoms with van der Waals surface area (Å²) in [6.07, 6.45) is 7.14. The highest BCUT2D eigenvalue weighted by Gasteiger charge is 2.28. The van der Waals surface area contributed by atoms with Gasteiger partial charge in [0.15, 0.2) is 5.78 Å². The zero-order chi connectivity index (χ0) is 15.6. The minimum absolute atomic E-state index is 0. The number of rotatable bonds is 3. The first kappa shape index (κ1) is 16.8. The maximum Gasteiger partial charge on any atom is 0.169 e. The molecule has 1 aliphatic carbocycles. The fraction of sp³-hybridized carbons (Fsp3) is 0.211. The lowest BCUT2D eigenvalue weighted by Gasteiger charge is -2.23. The van der Waals surface area contributed by atoms with Crippen molar-refractivity contribution in [2.45, 2.75) is 19.4 Å². The number of halogens is 1. The van der Waals surface area contributed by atoms with Crippen LogP contribution >= 0.6 is 24.0 Å². The molecule has 0 saturated heterocycles. The lowest BCUT2D eigenvalue weighted by atomic mass is 9.85. The van der Waals surface area contributed by atoms with Crippen LogP contribution in [-0.4, -0.2) is 20.3 Å². The van der Waals surface area contributed by atoms with E-state index in [4.69, 9.17) is 0 Å². The van der Waals surface area contributed by atoms with Crippen LogP contribution in [0.5, 0.6) is 0 Å². The SMILES string of the molecule is I.O=C1c2cccnc2CC[C@@H]1Cn1cncc1-c1ccccc1. The van der Waals surface area contributed by atoms with Crippen LogP contribution in [0.2, 0.25) is 0 Å². The molecular weight excluding hydrogens is 413 g/mol. The van der Waals surface area contributed by atoms with Crippen molar-refractivity contribution in [2.24, 2.45) is 5.92 Å². The number of Topliss-reactive ketones (excluding diaryl/α,β-unsaturated/α-hetero) is 1. The summed E-state index contributed by atoms with van der Waals surface area (Å²) < 4.78 is 2.08. The molecule has 1 aliphatic rings. The standard InChI is InChI=1S/C19H17N3O.HI/c23-19-15(8-9-17-16(19)7-4-10-21-17)12-22-13-20-11-18(22)14-5-2-1-3-6-14;/h1-7,10-11,13,15H,8-9,12H2;1H/t15-;/m1./s1. The Balaban J connectivity index is 0.00000169. The largest absolute Gasteiger partial charge is 0.330 e. The fourth-order valence-electron chi connectivity index (χ4n) is 3.25. The average Bonchev–Trinajstić information content (AvgIpc) is 3.07. The van der Waals surface area contributed by atoms with Gasteiger partial charge in [0.2, 0.25) is 0 Å². The molecule has 4 nitrogen and oxygen atoms in total. The quantitative estimate of drug-likeness (QED) is 0.589. The molecule has 0 saturated carbocycles. The third-order valence-electron chi connectivity index (χ3n) is 4.46. The molecule has 24 heavy (non-hydrogen) atoms. The third kappa shape index (κ3) is 3.13. The van der Waals surface area contributed by atoms with E-state index in [2.05, 4.69) is 26.7 Å². The molecule has 0 radical (unpaired) electrons. The highest BCUT2D eigenvalue weighted by atomic mass is 127. The van der Waals surface area contributed by atoms with E-state index in [1.165, 1.54) is 0 Å². The Morgan fingerprint density at radius 2 is 1.96 bits per heavy atom. The summed E-state index contributed by atoms with van der Waals surface area (Å²) >= 11 is 0. The van der Waals surface area contributed by atoms with E-state index in [9.17, 15) is 4.79 Å². The van der Waals surface area contributed by atoms with Gasteiger partial charge in [0.05, 0.1) is 23.9 Å². The number of nitrogens with zero attached hydrogens (tertiary/aromatic N) is 3. The molecule has 1 atom stereocenters. The van der Waals surface area contributed by atoms with Crippen LogP contribution in [-0.2, 0) is 13.0 Å². The molecule has 1 aromatic carbocycles. The van der Waals surface area contributed by atoms with Crippen LogP contribution in [0.25, 0.3) is 11.3 Å². The normalized spacial score (nSPS) is 16.3. The summed E-state index contributed by atoms with van der Waals surface area (Å²) in [6.45, 7) is 0.664. The summed E-state index contributed by atoms with van der Waals surface area (Å²) in [5, 5.41) is 0. The van der Waals surface area contributed by atoms with Crippen LogP contribution in [0.4, 0.5) is 0 Å². The Hall–Kier alpha value is -2.02. The highest BCUT2D eigenvalue weighted by molar-refractivity contribution is 14.0. The second-order valence-corrected chi connectivity index (χ2v) is 5.89. The first-order chi connectivity index (χ1) is 11.3. The molecule has 122 valence electrons. The average molecular weight is 431 g/mol. The van der Waals surface area contributed by atoms with Crippen LogP contribution in [0.3, 0.4) is 0 Å². The first-order valence-electron chi connectivity index (χ1n) is 7.86. The maximum atomic E-state index is 12.7. The van der Waals surface area contributed by atoms with Crippen LogP contribution in [0.1, 0.15) is 22.5 Å². The van der Waals surface area contributed by atoms with E-state index in [1.54, 1.807) is 6.20 Å². The van der Waals surface area contributed by atoms with E-state index in [0.717, 1.165) is 35.4 Å². The number of hydrogen-bond acceptors (Lipinski definition) is 3. The van der Waals surface area contributed by atoms with E-state index < -0.39 is 0 Å². The van der Waals surface area contributed by atoms with Crippen LogP contribution in [0, 0.1) is 5.92 Å². The topological polar surface area (TPSA) is 47.8 Å². The van der Waals surface area contributed by atoms with Crippen molar-refractivity contribution < 1.29 is 4.79 Å². The predicted molar refractivity (Wildman–Crippen MR) is 103 cm³/mol. The Labute approximate surface area is 158 Å². The Morgan fingerprint density at radius 3 is 2.79 bits per heavy atom. The molecular formula is C19H18IN3O. The number of aromatic nitrogens is 3.